The molecule has 2 aromatic carbocycles. The van der Waals surface area contributed by atoms with Gasteiger partial charge in [0.15, 0.2) is 5.82 Å². The SMILES string of the molecule is CCC1=C(C(=O)NC2CC2)C=C(Nc2nc(-c3ccccc3)nc3ccccc23)CC1. The third-order valence-electron chi connectivity index (χ3n) is 5.89. The molecule has 0 aliphatic heterocycles. The summed E-state index contributed by atoms with van der Waals surface area (Å²) in [4.78, 5) is 22.4. The molecule has 1 heterocycles. The molecule has 1 saturated carbocycles. The summed E-state index contributed by atoms with van der Waals surface area (Å²) in [5.74, 6) is 1.52. The number of nitrogens with zero attached hydrogens (tertiary/aromatic N) is 2. The first-order valence-electron chi connectivity index (χ1n) is 11.0. The summed E-state index contributed by atoms with van der Waals surface area (Å²) < 4.78 is 0. The molecule has 0 radical (unpaired) electrons. The molecule has 2 aliphatic carbocycles. The first-order chi connectivity index (χ1) is 15.2. The van der Waals surface area contributed by atoms with Crippen LogP contribution in [0.1, 0.15) is 39.0 Å². The van der Waals surface area contributed by atoms with E-state index in [1.807, 2.05) is 60.7 Å². The maximum absolute atomic E-state index is 12.8. The van der Waals surface area contributed by atoms with Crippen LogP contribution in [0.5, 0.6) is 0 Å². The number of rotatable bonds is 6. The van der Waals surface area contributed by atoms with Crippen molar-refractivity contribution in [1.82, 2.24) is 15.3 Å². The molecule has 2 aliphatic rings. The van der Waals surface area contributed by atoms with Gasteiger partial charge in [-0.3, -0.25) is 4.79 Å². The van der Waals surface area contributed by atoms with Crippen molar-refractivity contribution < 1.29 is 4.79 Å². The molecule has 156 valence electrons. The Hall–Kier alpha value is -3.47. The maximum atomic E-state index is 12.8. The fourth-order valence-electron chi connectivity index (χ4n) is 3.99. The van der Waals surface area contributed by atoms with Gasteiger partial charge >= 0.3 is 0 Å². The van der Waals surface area contributed by atoms with Crippen LogP contribution in [0.4, 0.5) is 5.82 Å². The first-order valence-corrected chi connectivity index (χ1v) is 11.0. The Bertz CT molecular complexity index is 1190. The van der Waals surface area contributed by atoms with Crippen molar-refractivity contribution in [3.63, 3.8) is 0 Å². The molecule has 0 saturated heterocycles. The maximum Gasteiger partial charge on any atom is 0.251 e. The zero-order valence-electron chi connectivity index (χ0n) is 17.7. The summed E-state index contributed by atoms with van der Waals surface area (Å²) in [5, 5.41) is 7.64. The van der Waals surface area contributed by atoms with Gasteiger partial charge in [0.25, 0.3) is 5.91 Å². The van der Waals surface area contributed by atoms with Crippen LogP contribution in [0.15, 0.2) is 77.5 Å². The lowest BCUT2D eigenvalue weighted by Gasteiger charge is -2.21. The highest BCUT2D eigenvalue weighted by molar-refractivity contribution is 5.98. The number of anilines is 1. The number of allylic oxidation sites excluding steroid dienone is 2. The van der Waals surface area contributed by atoms with Gasteiger partial charge in [0.1, 0.15) is 5.82 Å². The molecule has 31 heavy (non-hydrogen) atoms. The van der Waals surface area contributed by atoms with Gasteiger partial charge in [-0.1, -0.05) is 55.0 Å². The molecule has 0 unspecified atom stereocenters. The van der Waals surface area contributed by atoms with Gasteiger partial charge in [-0.05, 0) is 50.3 Å². The normalized spacial score (nSPS) is 16.2. The molecule has 0 atom stereocenters. The highest BCUT2D eigenvalue weighted by atomic mass is 16.1. The second kappa shape index (κ2) is 8.34. The van der Waals surface area contributed by atoms with Crippen molar-refractivity contribution in [1.29, 1.82) is 0 Å². The molecule has 0 bridgehead atoms. The number of benzene rings is 2. The second-order valence-electron chi connectivity index (χ2n) is 8.19. The van der Waals surface area contributed by atoms with E-state index in [0.29, 0.717) is 11.9 Å². The number of carbonyl (C=O) groups excluding carboxylic acids is 1. The number of fused-ring (bicyclic) bond motifs is 1. The van der Waals surface area contributed by atoms with Crippen LogP contribution in [0.2, 0.25) is 0 Å². The molecule has 1 fully saturated rings. The number of hydrogen-bond donors (Lipinski definition) is 2. The number of hydrogen-bond acceptors (Lipinski definition) is 4. The van der Waals surface area contributed by atoms with Crippen LogP contribution in [-0.4, -0.2) is 21.9 Å². The quantitative estimate of drug-likeness (QED) is 0.573. The molecular weight excluding hydrogens is 384 g/mol. The monoisotopic (exact) mass is 410 g/mol. The fraction of sp³-hybridized carbons (Fsp3) is 0.269. The van der Waals surface area contributed by atoms with Crippen LogP contribution in [0.25, 0.3) is 22.3 Å². The van der Waals surface area contributed by atoms with Gasteiger partial charge in [0, 0.05) is 28.3 Å². The minimum absolute atomic E-state index is 0.0517. The Morgan fingerprint density at radius 3 is 2.55 bits per heavy atom. The minimum Gasteiger partial charge on any atom is -0.349 e. The fourth-order valence-corrected chi connectivity index (χ4v) is 3.99. The summed E-state index contributed by atoms with van der Waals surface area (Å²) in [6, 6.07) is 18.4. The Morgan fingerprint density at radius 2 is 1.77 bits per heavy atom. The topological polar surface area (TPSA) is 66.9 Å². The third-order valence-corrected chi connectivity index (χ3v) is 5.89. The van der Waals surface area contributed by atoms with Gasteiger partial charge in [-0.25, -0.2) is 9.97 Å². The van der Waals surface area contributed by atoms with Crippen LogP contribution in [0, 0.1) is 0 Å². The second-order valence-corrected chi connectivity index (χ2v) is 8.19. The molecule has 5 nitrogen and oxygen atoms in total. The average Bonchev–Trinajstić information content (AvgIpc) is 3.63. The predicted molar refractivity (Wildman–Crippen MR) is 124 cm³/mol. The van der Waals surface area contributed by atoms with Crippen molar-refractivity contribution in [2.45, 2.75) is 45.1 Å². The Morgan fingerprint density at radius 1 is 1.00 bits per heavy atom. The van der Waals surface area contributed by atoms with Gasteiger partial charge < -0.3 is 10.6 Å². The van der Waals surface area contributed by atoms with Crippen LogP contribution in [0.3, 0.4) is 0 Å². The molecule has 2 N–H and O–H groups in total. The zero-order valence-corrected chi connectivity index (χ0v) is 17.7. The van der Waals surface area contributed by atoms with E-state index >= 15 is 0 Å². The number of aromatic nitrogens is 2. The van der Waals surface area contributed by atoms with E-state index in [9.17, 15) is 4.79 Å². The highest BCUT2D eigenvalue weighted by Gasteiger charge is 2.26. The molecule has 1 amide bonds. The zero-order chi connectivity index (χ0) is 21.2. The van der Waals surface area contributed by atoms with E-state index in [2.05, 4.69) is 17.6 Å². The minimum atomic E-state index is 0.0517. The number of nitrogens with one attached hydrogen (secondary N) is 2. The number of para-hydroxylation sites is 1. The molecule has 5 rings (SSSR count). The molecule has 5 heteroatoms. The van der Waals surface area contributed by atoms with E-state index in [0.717, 1.165) is 65.7 Å². The van der Waals surface area contributed by atoms with Gasteiger partial charge in [0.2, 0.25) is 0 Å². The lowest BCUT2D eigenvalue weighted by atomic mass is 9.93. The van der Waals surface area contributed by atoms with Crippen molar-refractivity contribution >= 4 is 22.6 Å². The molecule has 0 spiro atoms. The Balaban J connectivity index is 1.51. The van der Waals surface area contributed by atoms with E-state index < -0.39 is 0 Å². The van der Waals surface area contributed by atoms with E-state index in [1.54, 1.807) is 0 Å². The van der Waals surface area contributed by atoms with Gasteiger partial charge in [-0.15, -0.1) is 0 Å². The van der Waals surface area contributed by atoms with E-state index in [-0.39, 0.29) is 5.91 Å². The van der Waals surface area contributed by atoms with Crippen LogP contribution >= 0.6 is 0 Å². The Labute approximate surface area is 182 Å². The largest absolute Gasteiger partial charge is 0.349 e. The van der Waals surface area contributed by atoms with Crippen molar-refractivity contribution in [3.8, 4) is 11.4 Å². The van der Waals surface area contributed by atoms with E-state index in [4.69, 9.17) is 9.97 Å². The summed E-state index contributed by atoms with van der Waals surface area (Å²) in [7, 11) is 0. The first kappa shape index (κ1) is 19.5. The predicted octanol–water partition coefficient (Wildman–Crippen LogP) is 5.37. The highest BCUT2D eigenvalue weighted by Crippen LogP contribution is 2.31. The van der Waals surface area contributed by atoms with Gasteiger partial charge in [0.05, 0.1) is 5.52 Å². The summed E-state index contributed by atoms with van der Waals surface area (Å²) in [5.41, 5.74) is 4.92. The molecule has 1 aromatic heterocycles. The third kappa shape index (κ3) is 4.22. The number of carbonyl (C=O) groups is 1. The van der Waals surface area contributed by atoms with Crippen molar-refractivity contribution in [3.05, 3.63) is 77.5 Å². The summed E-state index contributed by atoms with van der Waals surface area (Å²) in [6.45, 7) is 2.12. The number of amides is 1. The lowest BCUT2D eigenvalue weighted by molar-refractivity contribution is -0.117. The summed E-state index contributed by atoms with van der Waals surface area (Å²) in [6.07, 6.45) is 6.83. The van der Waals surface area contributed by atoms with Crippen LogP contribution in [-0.2, 0) is 4.79 Å². The van der Waals surface area contributed by atoms with Crippen molar-refractivity contribution in [2.24, 2.45) is 0 Å². The summed E-state index contributed by atoms with van der Waals surface area (Å²) >= 11 is 0. The molecular formula is C26H26N4O. The smallest absolute Gasteiger partial charge is 0.251 e. The Kier molecular flexibility index (Phi) is 5.24. The van der Waals surface area contributed by atoms with E-state index in [1.165, 1.54) is 5.57 Å². The standard InChI is InChI=1S/C26H26N4O/c1-2-17-12-13-20(16-22(17)26(31)28-19-14-15-19)27-25-21-10-6-7-11-23(21)29-24(30-25)18-8-4-3-5-9-18/h3-11,16,19H,2,12-15H2,1H3,(H,28,31)(H,27,29,30). The van der Waals surface area contributed by atoms with Gasteiger partial charge in [-0.2, -0.15) is 0 Å². The van der Waals surface area contributed by atoms with Crippen molar-refractivity contribution in [2.75, 3.05) is 5.32 Å². The lowest BCUT2D eigenvalue weighted by Crippen LogP contribution is -2.28. The van der Waals surface area contributed by atoms with Crippen LogP contribution < -0.4 is 10.6 Å². The molecule has 3 aromatic rings. The average molecular weight is 411 g/mol.